The van der Waals surface area contributed by atoms with Crippen molar-refractivity contribution in [3.05, 3.63) is 71.8 Å². The van der Waals surface area contributed by atoms with Gasteiger partial charge in [0.25, 0.3) is 5.91 Å². The number of ether oxygens (including phenoxy) is 1. The Morgan fingerprint density at radius 3 is 2.69 bits per heavy atom. The molecule has 3 aromatic rings. The number of piperidine rings is 1. The summed E-state index contributed by atoms with van der Waals surface area (Å²) in [7, 11) is 0. The first-order chi connectivity index (χ1) is 17.5. The lowest BCUT2D eigenvalue weighted by atomic mass is 10.0. The van der Waals surface area contributed by atoms with Gasteiger partial charge in [0.15, 0.2) is 0 Å². The Morgan fingerprint density at radius 2 is 1.94 bits per heavy atom. The van der Waals surface area contributed by atoms with Crippen molar-refractivity contribution in [2.75, 3.05) is 38.1 Å². The molecule has 1 aromatic carbocycles. The number of benzene rings is 1. The van der Waals surface area contributed by atoms with Gasteiger partial charge in [-0.05, 0) is 62.4 Å². The molecule has 0 unspecified atom stereocenters. The molecule has 0 radical (unpaired) electrons. The van der Waals surface area contributed by atoms with Gasteiger partial charge in [-0.2, -0.15) is 0 Å². The lowest BCUT2D eigenvalue weighted by molar-refractivity contribution is -0.140. The molecule has 2 aromatic heterocycles. The van der Waals surface area contributed by atoms with Crippen LogP contribution in [0.3, 0.4) is 0 Å². The number of likely N-dealkylation sites (tertiary alicyclic amines) is 1. The lowest BCUT2D eigenvalue weighted by Gasteiger charge is -2.32. The maximum absolute atomic E-state index is 12.9. The minimum absolute atomic E-state index is 0.108. The normalized spacial score (nSPS) is 14.4. The van der Waals surface area contributed by atoms with E-state index < -0.39 is 0 Å². The summed E-state index contributed by atoms with van der Waals surface area (Å²) < 4.78 is 10.5. The molecule has 1 fully saturated rings. The van der Waals surface area contributed by atoms with E-state index in [1.54, 1.807) is 19.2 Å². The summed E-state index contributed by atoms with van der Waals surface area (Å²) >= 11 is 0. The Morgan fingerprint density at radius 1 is 1.14 bits per heavy atom. The van der Waals surface area contributed by atoms with Crippen molar-refractivity contribution in [2.45, 2.75) is 39.2 Å². The van der Waals surface area contributed by atoms with E-state index in [0.29, 0.717) is 17.9 Å². The first kappa shape index (κ1) is 25.4. The van der Waals surface area contributed by atoms with Crippen molar-refractivity contribution in [2.24, 2.45) is 0 Å². The van der Waals surface area contributed by atoms with Crippen LogP contribution in [0.2, 0.25) is 0 Å². The maximum atomic E-state index is 12.9. The van der Waals surface area contributed by atoms with Crippen LogP contribution in [0.25, 0.3) is 11.3 Å². The number of rotatable bonds is 10. The molecule has 1 aliphatic rings. The molecular formula is C28H34N4O4. The molecule has 0 aliphatic carbocycles. The Kier molecular flexibility index (Phi) is 8.73. The first-order valence-corrected chi connectivity index (χ1v) is 12.5. The van der Waals surface area contributed by atoms with Gasteiger partial charge in [0.05, 0.1) is 24.1 Å². The van der Waals surface area contributed by atoms with Crippen molar-refractivity contribution in [1.82, 2.24) is 15.2 Å². The van der Waals surface area contributed by atoms with Gasteiger partial charge in [0.2, 0.25) is 5.76 Å². The molecule has 0 atom stereocenters. The summed E-state index contributed by atoms with van der Waals surface area (Å²) in [4.78, 5) is 31.5. The van der Waals surface area contributed by atoms with E-state index >= 15 is 0 Å². The molecule has 190 valence electrons. The zero-order valence-corrected chi connectivity index (χ0v) is 21.0. The topological polar surface area (TPSA) is 96.7 Å². The highest BCUT2D eigenvalue weighted by atomic mass is 16.5. The molecule has 3 heterocycles. The second-order valence-electron chi connectivity index (χ2n) is 9.04. The smallest absolute Gasteiger partial charge is 0.325 e. The number of nitrogens with one attached hydrogen (secondary N) is 2. The Labute approximate surface area is 212 Å². The van der Waals surface area contributed by atoms with Crippen LogP contribution in [0.15, 0.2) is 59.3 Å². The van der Waals surface area contributed by atoms with Gasteiger partial charge in [0.1, 0.15) is 6.54 Å². The number of hydrogen-bond donors (Lipinski definition) is 2. The third-order valence-corrected chi connectivity index (χ3v) is 6.42. The molecule has 0 spiro atoms. The number of carbonyl (C=O) groups is 2. The molecule has 8 heteroatoms. The zero-order chi connectivity index (χ0) is 25.3. The lowest BCUT2D eigenvalue weighted by Crippen LogP contribution is -2.45. The Balaban J connectivity index is 1.25. The number of carbonyl (C=O) groups excluding carboxylic acids is 2. The molecule has 0 bridgehead atoms. The fourth-order valence-electron chi connectivity index (χ4n) is 4.43. The summed E-state index contributed by atoms with van der Waals surface area (Å²) in [5.74, 6) is -0.147. The highest BCUT2D eigenvalue weighted by molar-refractivity contribution is 5.97. The van der Waals surface area contributed by atoms with E-state index in [9.17, 15) is 9.59 Å². The van der Waals surface area contributed by atoms with Gasteiger partial charge >= 0.3 is 5.97 Å². The molecule has 8 nitrogen and oxygen atoms in total. The van der Waals surface area contributed by atoms with Crippen LogP contribution < -0.4 is 10.6 Å². The largest absolute Gasteiger partial charge is 0.465 e. The van der Waals surface area contributed by atoms with Crippen molar-refractivity contribution in [1.29, 1.82) is 0 Å². The summed E-state index contributed by atoms with van der Waals surface area (Å²) in [6.07, 6.45) is 5.96. The van der Waals surface area contributed by atoms with E-state index in [0.717, 1.165) is 55.8 Å². The molecule has 1 saturated heterocycles. The fourth-order valence-corrected chi connectivity index (χ4v) is 4.43. The van der Waals surface area contributed by atoms with Crippen molar-refractivity contribution in [3.8, 4) is 11.3 Å². The minimum Gasteiger partial charge on any atom is -0.465 e. The number of amides is 1. The maximum Gasteiger partial charge on any atom is 0.325 e. The summed E-state index contributed by atoms with van der Waals surface area (Å²) in [5.41, 5.74) is 4.64. The SMILES string of the molecule is CCOC(=O)CNc1ccccc1CCN1CCC(NC(=O)c2occc2-c2ccc(C)cn2)CC1. The number of esters is 1. The molecule has 2 N–H and O–H groups in total. The predicted octanol–water partition coefficient (Wildman–Crippen LogP) is 4.06. The number of anilines is 1. The fraction of sp³-hybridized carbons (Fsp3) is 0.393. The van der Waals surface area contributed by atoms with Crippen LogP contribution in [0.5, 0.6) is 0 Å². The monoisotopic (exact) mass is 490 g/mol. The highest BCUT2D eigenvalue weighted by Gasteiger charge is 2.24. The number of furan rings is 1. The first-order valence-electron chi connectivity index (χ1n) is 12.5. The second-order valence-corrected chi connectivity index (χ2v) is 9.04. The third-order valence-electron chi connectivity index (χ3n) is 6.42. The summed E-state index contributed by atoms with van der Waals surface area (Å²) in [5, 5.41) is 6.34. The number of aryl methyl sites for hydroxylation is 1. The average molecular weight is 491 g/mol. The number of nitrogens with zero attached hydrogens (tertiary/aromatic N) is 2. The number of hydrogen-bond acceptors (Lipinski definition) is 7. The van der Waals surface area contributed by atoms with Gasteiger partial charge in [-0.25, -0.2) is 0 Å². The molecule has 0 saturated carbocycles. The molecular weight excluding hydrogens is 456 g/mol. The predicted molar refractivity (Wildman–Crippen MR) is 139 cm³/mol. The van der Waals surface area contributed by atoms with E-state index in [4.69, 9.17) is 9.15 Å². The standard InChI is InChI=1S/C28H34N4O4/c1-3-35-26(33)19-30-24-7-5-4-6-21(24)10-14-32-15-11-22(12-16-32)31-28(34)27-23(13-17-36-27)25-9-8-20(2)18-29-25/h4-9,13,17-18,22,30H,3,10-12,14-16,19H2,1-2H3,(H,31,34). The molecule has 4 rings (SSSR count). The van der Waals surface area contributed by atoms with Gasteiger partial charge < -0.3 is 24.7 Å². The van der Waals surface area contributed by atoms with Crippen LogP contribution >= 0.6 is 0 Å². The van der Waals surface area contributed by atoms with Crippen molar-refractivity contribution < 1.29 is 18.7 Å². The third kappa shape index (κ3) is 6.73. The molecule has 1 amide bonds. The van der Waals surface area contributed by atoms with Crippen LogP contribution in [-0.2, 0) is 16.0 Å². The van der Waals surface area contributed by atoms with E-state index in [1.807, 2.05) is 37.3 Å². The molecule has 1 aliphatic heterocycles. The Bertz CT molecular complexity index is 1150. The van der Waals surface area contributed by atoms with Crippen molar-refractivity contribution in [3.63, 3.8) is 0 Å². The summed E-state index contributed by atoms with van der Waals surface area (Å²) in [6.45, 7) is 7.06. The number of aromatic nitrogens is 1. The number of pyridine rings is 1. The number of para-hydroxylation sites is 1. The summed E-state index contributed by atoms with van der Waals surface area (Å²) in [6, 6.07) is 13.8. The van der Waals surface area contributed by atoms with Gasteiger partial charge in [0, 0.05) is 37.6 Å². The van der Waals surface area contributed by atoms with E-state index in [2.05, 4.69) is 26.6 Å². The van der Waals surface area contributed by atoms with Crippen LogP contribution in [0, 0.1) is 6.92 Å². The average Bonchev–Trinajstić information content (AvgIpc) is 3.38. The second kappa shape index (κ2) is 12.4. The Hall–Kier alpha value is -3.65. The van der Waals surface area contributed by atoms with E-state index in [-0.39, 0.29) is 24.5 Å². The highest BCUT2D eigenvalue weighted by Crippen LogP contribution is 2.24. The van der Waals surface area contributed by atoms with Gasteiger partial charge in [-0.3, -0.25) is 14.6 Å². The molecule has 36 heavy (non-hydrogen) atoms. The van der Waals surface area contributed by atoms with Crippen LogP contribution in [0.4, 0.5) is 5.69 Å². The van der Waals surface area contributed by atoms with Crippen LogP contribution in [-0.4, -0.2) is 60.6 Å². The van der Waals surface area contributed by atoms with E-state index in [1.165, 1.54) is 11.8 Å². The van der Waals surface area contributed by atoms with Gasteiger partial charge in [-0.15, -0.1) is 0 Å². The quantitative estimate of drug-likeness (QED) is 0.414. The van der Waals surface area contributed by atoms with Gasteiger partial charge in [-0.1, -0.05) is 24.3 Å². The van der Waals surface area contributed by atoms with Crippen LogP contribution in [0.1, 0.15) is 41.4 Å². The minimum atomic E-state index is -0.256. The zero-order valence-electron chi connectivity index (χ0n) is 21.0. The van der Waals surface area contributed by atoms with Crippen molar-refractivity contribution >= 4 is 17.6 Å².